The molecule has 3 aromatic carbocycles. The fourth-order valence-corrected chi connectivity index (χ4v) is 4.94. The van der Waals surface area contributed by atoms with E-state index in [-0.39, 0.29) is 24.2 Å². The fourth-order valence-electron chi connectivity index (χ4n) is 4.37. The molecule has 0 radical (unpaired) electrons. The van der Waals surface area contributed by atoms with E-state index in [0.717, 1.165) is 22.3 Å². The van der Waals surface area contributed by atoms with Crippen molar-refractivity contribution in [1.29, 1.82) is 0 Å². The highest BCUT2D eigenvalue weighted by atomic mass is 32.2. The van der Waals surface area contributed by atoms with E-state index in [2.05, 4.69) is 20.9 Å². The topological polar surface area (TPSA) is 152 Å². The Morgan fingerprint density at radius 2 is 1.43 bits per heavy atom. The largest absolute Gasteiger partial charge is 0.370 e. The number of amides is 3. The number of hydrogen-bond acceptors (Lipinski definition) is 5. The number of thioether (sulfide) groups is 1. The van der Waals surface area contributed by atoms with Gasteiger partial charge in [0.2, 0.25) is 17.7 Å². The third kappa shape index (κ3) is 11.3. The summed E-state index contributed by atoms with van der Waals surface area (Å²) in [5.41, 5.74) is 14.9. The second-order valence-corrected chi connectivity index (χ2v) is 10.8. The molecule has 0 unspecified atom stereocenters. The molecule has 0 aliphatic carbocycles. The first kappa shape index (κ1) is 32.2. The molecule has 0 fully saturated rings. The Labute approximate surface area is 251 Å². The van der Waals surface area contributed by atoms with E-state index in [4.69, 9.17) is 11.5 Å². The van der Waals surface area contributed by atoms with Crippen LogP contribution in [0.3, 0.4) is 0 Å². The molecule has 9 nitrogen and oxygen atoms in total. The average molecular weight is 589 g/mol. The van der Waals surface area contributed by atoms with Crippen LogP contribution in [0.4, 0.5) is 0 Å². The van der Waals surface area contributed by atoms with Gasteiger partial charge in [-0.3, -0.25) is 19.4 Å². The van der Waals surface area contributed by atoms with E-state index >= 15 is 0 Å². The maximum Gasteiger partial charge on any atom is 0.244 e. The molecule has 0 saturated heterocycles. The number of hydrogen-bond donors (Lipinski definition) is 5. The second kappa shape index (κ2) is 17.5. The molecular weight excluding hydrogens is 548 g/mol. The van der Waals surface area contributed by atoms with Gasteiger partial charge < -0.3 is 27.4 Å². The minimum atomic E-state index is -0.798. The van der Waals surface area contributed by atoms with Crippen LogP contribution in [0, 0.1) is 0 Å². The zero-order valence-corrected chi connectivity index (χ0v) is 24.7. The third-order valence-corrected chi connectivity index (χ3v) is 7.21. The van der Waals surface area contributed by atoms with E-state index in [1.165, 1.54) is 11.8 Å². The number of benzene rings is 3. The predicted octanol–water partition coefficient (Wildman–Crippen LogP) is 2.64. The molecule has 222 valence electrons. The Morgan fingerprint density at radius 1 is 0.786 bits per heavy atom. The van der Waals surface area contributed by atoms with E-state index in [1.54, 1.807) is 0 Å². The van der Waals surface area contributed by atoms with Crippen LogP contribution in [0.2, 0.25) is 0 Å². The smallest absolute Gasteiger partial charge is 0.244 e. The molecule has 42 heavy (non-hydrogen) atoms. The van der Waals surface area contributed by atoms with Gasteiger partial charge in [-0.25, -0.2) is 0 Å². The van der Waals surface area contributed by atoms with Gasteiger partial charge in [-0.2, -0.15) is 11.8 Å². The molecule has 0 aliphatic heterocycles. The quantitative estimate of drug-likeness (QED) is 0.0986. The predicted molar refractivity (Wildman–Crippen MR) is 171 cm³/mol. The summed E-state index contributed by atoms with van der Waals surface area (Å²) in [6, 6.07) is 26.0. The minimum absolute atomic E-state index is 0.0275. The molecule has 3 rings (SSSR count). The highest BCUT2D eigenvalue weighted by molar-refractivity contribution is 7.98. The molecule has 10 heteroatoms. The third-order valence-electron chi connectivity index (χ3n) is 6.54. The Bertz CT molecular complexity index is 1300. The molecule has 3 amide bonds. The van der Waals surface area contributed by atoms with E-state index in [9.17, 15) is 14.4 Å². The van der Waals surface area contributed by atoms with Crippen molar-refractivity contribution in [2.24, 2.45) is 16.5 Å². The second-order valence-electron chi connectivity index (χ2n) is 9.85. The number of carbonyl (C=O) groups is 3. The summed E-state index contributed by atoms with van der Waals surface area (Å²) in [6.45, 7) is 0.761. The lowest BCUT2D eigenvalue weighted by Crippen LogP contribution is -2.55. The lowest BCUT2D eigenvalue weighted by atomic mass is 10.0. The van der Waals surface area contributed by atoms with Crippen LogP contribution in [0.1, 0.15) is 24.0 Å². The van der Waals surface area contributed by atoms with Crippen LogP contribution in [0.5, 0.6) is 0 Å². The van der Waals surface area contributed by atoms with Crippen molar-refractivity contribution in [3.63, 3.8) is 0 Å². The molecule has 0 aliphatic rings. The standard InChI is InChI=1S/C32H40N6O3S/c1-42-22-28(37-29(39)21-24-14-16-26(17-15-24)25-11-6-3-7-12-25)31(41)38-27(13-8-19-36-32(33)34)30(40)35-20-18-23-9-4-2-5-10-23/h2-7,9-12,14-17,27-28H,8,13,18-22H2,1H3,(H,35,40)(H,37,39)(H,38,41)(H4,33,34,36)/t27-,28+/m1/s1. The van der Waals surface area contributed by atoms with Crippen LogP contribution in [0.25, 0.3) is 11.1 Å². The summed E-state index contributed by atoms with van der Waals surface area (Å²) < 4.78 is 0. The summed E-state index contributed by atoms with van der Waals surface area (Å²) in [6.07, 6.45) is 3.49. The summed E-state index contributed by atoms with van der Waals surface area (Å²) >= 11 is 1.44. The zero-order valence-electron chi connectivity index (χ0n) is 23.9. The van der Waals surface area contributed by atoms with Gasteiger partial charge in [-0.1, -0.05) is 84.9 Å². The summed E-state index contributed by atoms with van der Waals surface area (Å²) in [4.78, 5) is 43.2. The Hall–Kier alpha value is -4.31. The van der Waals surface area contributed by atoms with Gasteiger partial charge in [0, 0.05) is 18.8 Å². The molecule has 2 atom stereocenters. The number of carbonyl (C=O) groups excluding carboxylic acids is 3. The van der Waals surface area contributed by atoms with Crippen molar-refractivity contribution in [2.75, 3.05) is 25.1 Å². The van der Waals surface area contributed by atoms with Gasteiger partial charge >= 0.3 is 0 Å². The molecule has 0 spiro atoms. The molecular formula is C32H40N6O3S. The Balaban J connectivity index is 1.59. The van der Waals surface area contributed by atoms with Crippen molar-refractivity contribution in [2.45, 2.75) is 37.8 Å². The molecule has 7 N–H and O–H groups in total. The molecule has 0 heterocycles. The average Bonchev–Trinajstić information content (AvgIpc) is 2.99. The fraction of sp³-hybridized carbons (Fsp3) is 0.312. The zero-order chi connectivity index (χ0) is 30.2. The van der Waals surface area contributed by atoms with Crippen molar-refractivity contribution >= 4 is 35.4 Å². The van der Waals surface area contributed by atoms with Gasteiger partial charge in [-0.05, 0) is 47.8 Å². The van der Waals surface area contributed by atoms with Crippen LogP contribution >= 0.6 is 11.8 Å². The van der Waals surface area contributed by atoms with E-state index < -0.39 is 18.0 Å². The summed E-state index contributed by atoms with van der Waals surface area (Å²) in [5, 5.41) is 8.60. The number of rotatable bonds is 16. The summed E-state index contributed by atoms with van der Waals surface area (Å²) in [7, 11) is 0. The number of guanidine groups is 1. The molecule has 0 aromatic heterocycles. The van der Waals surface area contributed by atoms with Gasteiger partial charge in [0.1, 0.15) is 12.1 Å². The SMILES string of the molecule is CSC[C@H](NC(=O)Cc1ccc(-c2ccccc2)cc1)C(=O)N[C@H](CCCN=C(N)N)C(=O)NCCc1ccccc1. The first-order valence-electron chi connectivity index (χ1n) is 14.0. The summed E-state index contributed by atoms with van der Waals surface area (Å²) in [5.74, 6) is -0.645. The van der Waals surface area contributed by atoms with E-state index in [1.807, 2.05) is 91.2 Å². The Morgan fingerprint density at radius 3 is 2.07 bits per heavy atom. The number of nitrogens with zero attached hydrogens (tertiary/aromatic N) is 1. The van der Waals surface area contributed by atoms with Gasteiger partial charge in [-0.15, -0.1) is 0 Å². The monoisotopic (exact) mass is 588 g/mol. The van der Waals surface area contributed by atoms with Crippen molar-refractivity contribution < 1.29 is 14.4 Å². The van der Waals surface area contributed by atoms with Crippen LogP contribution in [0.15, 0.2) is 89.9 Å². The van der Waals surface area contributed by atoms with Gasteiger partial charge in [0.25, 0.3) is 0 Å². The molecule has 0 bridgehead atoms. The lowest BCUT2D eigenvalue weighted by molar-refractivity contribution is -0.131. The van der Waals surface area contributed by atoms with Crippen LogP contribution in [-0.2, 0) is 27.2 Å². The van der Waals surface area contributed by atoms with Crippen LogP contribution in [-0.4, -0.2) is 60.9 Å². The first-order valence-corrected chi connectivity index (χ1v) is 15.3. The highest BCUT2D eigenvalue weighted by Gasteiger charge is 2.26. The number of nitrogens with one attached hydrogen (secondary N) is 3. The van der Waals surface area contributed by atoms with E-state index in [0.29, 0.717) is 38.1 Å². The number of aliphatic imine (C=N–C) groups is 1. The maximum atomic E-state index is 13.3. The van der Waals surface area contributed by atoms with Crippen LogP contribution < -0.4 is 27.4 Å². The van der Waals surface area contributed by atoms with Crippen molar-refractivity contribution in [3.05, 3.63) is 96.1 Å². The molecule has 3 aromatic rings. The van der Waals surface area contributed by atoms with Gasteiger partial charge in [0.05, 0.1) is 6.42 Å². The normalized spacial score (nSPS) is 12.0. The van der Waals surface area contributed by atoms with Crippen molar-refractivity contribution in [3.8, 4) is 11.1 Å². The maximum absolute atomic E-state index is 13.3. The molecule has 0 saturated carbocycles. The van der Waals surface area contributed by atoms with Gasteiger partial charge in [0.15, 0.2) is 5.96 Å². The number of nitrogens with two attached hydrogens (primary N) is 2. The Kier molecular flexibility index (Phi) is 13.4. The van der Waals surface area contributed by atoms with Crippen molar-refractivity contribution in [1.82, 2.24) is 16.0 Å². The first-order chi connectivity index (χ1) is 20.4. The minimum Gasteiger partial charge on any atom is -0.370 e. The highest BCUT2D eigenvalue weighted by Crippen LogP contribution is 2.19. The lowest BCUT2D eigenvalue weighted by Gasteiger charge is -2.23.